The SMILES string of the molecule is CCCCCCCCCCCCCCCC(=O)OC[C@H](COP(=O)([O-])OCCNC(=O)OCCOC)OC(=O)CCCCCCCCCCCCCCC.[NH4+]. The molecule has 0 aromatic heterocycles. The summed E-state index contributed by atoms with van der Waals surface area (Å²) in [4.78, 5) is 49.0. The quantitative estimate of drug-likeness (QED) is 0.0258. The predicted octanol–water partition coefficient (Wildman–Crippen LogP) is 10.7. The van der Waals surface area contributed by atoms with Gasteiger partial charge in [0.15, 0.2) is 6.10 Å². The third-order valence-corrected chi connectivity index (χ3v) is 10.2. The van der Waals surface area contributed by atoms with E-state index in [1.807, 2.05) is 0 Å². The highest BCUT2D eigenvalue weighted by atomic mass is 31.2. The Morgan fingerprint density at radius 1 is 0.545 bits per heavy atom. The van der Waals surface area contributed by atoms with Gasteiger partial charge in [-0.1, -0.05) is 168 Å². The Balaban J connectivity index is 0. The normalized spacial score (nSPS) is 12.7. The number of phosphoric acid groups is 1. The average Bonchev–Trinajstić information content (AvgIpc) is 3.15. The van der Waals surface area contributed by atoms with Gasteiger partial charge in [0.25, 0.3) is 7.82 Å². The van der Waals surface area contributed by atoms with Crippen LogP contribution in [0.15, 0.2) is 0 Å². The summed E-state index contributed by atoms with van der Waals surface area (Å²) in [6.07, 6.45) is 29.6. The monoisotopic (exact) mass is 811 g/mol. The number of quaternary nitrogens is 1. The van der Waals surface area contributed by atoms with Crippen LogP contribution in [-0.2, 0) is 42.1 Å². The molecule has 1 amide bonds. The summed E-state index contributed by atoms with van der Waals surface area (Å²) in [5.74, 6) is -0.933. The number of hydrogen-bond donors (Lipinski definition) is 2. The number of carbonyl (C=O) groups is 3. The minimum absolute atomic E-state index is 0. The molecule has 0 aliphatic carbocycles. The highest BCUT2D eigenvalue weighted by Gasteiger charge is 2.21. The summed E-state index contributed by atoms with van der Waals surface area (Å²) in [6, 6.07) is 0. The second-order valence-electron chi connectivity index (χ2n) is 14.4. The van der Waals surface area contributed by atoms with Gasteiger partial charge in [0, 0.05) is 26.5 Å². The van der Waals surface area contributed by atoms with Crippen molar-refractivity contribution in [2.75, 3.05) is 46.7 Å². The van der Waals surface area contributed by atoms with Crippen LogP contribution in [0.1, 0.15) is 194 Å². The average molecular weight is 811 g/mol. The zero-order valence-corrected chi connectivity index (χ0v) is 36.5. The van der Waals surface area contributed by atoms with Crippen molar-refractivity contribution >= 4 is 25.9 Å². The lowest BCUT2D eigenvalue weighted by atomic mass is 10.0. The first-order chi connectivity index (χ1) is 26.2. The fraction of sp³-hybridized carbons (Fsp3) is 0.927. The number of alkyl carbamates (subject to hydrolysis) is 1. The summed E-state index contributed by atoms with van der Waals surface area (Å²) in [6.45, 7) is 3.33. The first-order valence-electron chi connectivity index (χ1n) is 21.6. The molecule has 0 aromatic rings. The number of carbonyl (C=O) groups excluding carboxylic acids is 3. The molecule has 5 N–H and O–H groups in total. The van der Waals surface area contributed by atoms with Crippen molar-refractivity contribution in [3.63, 3.8) is 0 Å². The summed E-state index contributed by atoms with van der Waals surface area (Å²) in [7, 11) is -3.34. The number of unbranched alkanes of at least 4 members (excludes halogenated alkanes) is 24. The molecule has 1 unspecified atom stereocenters. The van der Waals surface area contributed by atoms with Crippen LogP contribution in [0.5, 0.6) is 0 Å². The molecular formula is C41H83N2O11P. The summed E-state index contributed by atoms with van der Waals surface area (Å²) >= 11 is 0. The van der Waals surface area contributed by atoms with Gasteiger partial charge >= 0.3 is 18.0 Å². The fourth-order valence-corrected chi connectivity index (χ4v) is 6.72. The lowest BCUT2D eigenvalue weighted by molar-refractivity contribution is -0.228. The maximum absolute atomic E-state index is 12.6. The van der Waals surface area contributed by atoms with E-state index in [-0.39, 0.29) is 45.4 Å². The second-order valence-corrected chi connectivity index (χ2v) is 15.8. The van der Waals surface area contributed by atoms with Crippen molar-refractivity contribution in [2.45, 2.75) is 200 Å². The zero-order valence-electron chi connectivity index (χ0n) is 35.6. The number of ether oxygens (including phenoxy) is 4. The molecule has 328 valence electrons. The minimum atomic E-state index is -4.81. The Kier molecular flexibility index (Phi) is 42.1. The maximum Gasteiger partial charge on any atom is 0.407 e. The number of rotatable bonds is 41. The molecule has 0 aromatic carbocycles. The Hall–Kier alpha value is -1.76. The van der Waals surface area contributed by atoms with Gasteiger partial charge in [-0.15, -0.1) is 0 Å². The molecule has 14 heteroatoms. The van der Waals surface area contributed by atoms with Gasteiger partial charge in [-0.2, -0.15) is 0 Å². The van der Waals surface area contributed by atoms with Crippen molar-refractivity contribution in [1.82, 2.24) is 11.5 Å². The van der Waals surface area contributed by atoms with Gasteiger partial charge in [0.1, 0.15) is 13.2 Å². The number of esters is 2. The van der Waals surface area contributed by atoms with Crippen LogP contribution in [0.2, 0.25) is 0 Å². The van der Waals surface area contributed by atoms with E-state index in [0.29, 0.717) is 12.8 Å². The van der Waals surface area contributed by atoms with Gasteiger partial charge in [0.2, 0.25) is 0 Å². The van der Waals surface area contributed by atoms with Gasteiger partial charge in [-0.3, -0.25) is 14.2 Å². The first kappa shape index (κ1) is 55.3. The van der Waals surface area contributed by atoms with E-state index in [2.05, 4.69) is 19.2 Å². The Bertz CT molecular complexity index is 929. The lowest BCUT2D eigenvalue weighted by Gasteiger charge is -2.25. The first-order valence-corrected chi connectivity index (χ1v) is 23.0. The minimum Gasteiger partial charge on any atom is -0.756 e. The van der Waals surface area contributed by atoms with E-state index in [1.54, 1.807) is 0 Å². The predicted molar refractivity (Wildman–Crippen MR) is 218 cm³/mol. The van der Waals surface area contributed by atoms with Gasteiger partial charge in [0.05, 0.1) is 19.8 Å². The fourth-order valence-electron chi connectivity index (χ4n) is 5.98. The molecule has 0 heterocycles. The second kappa shape index (κ2) is 41.9. The van der Waals surface area contributed by atoms with Crippen molar-refractivity contribution in [2.24, 2.45) is 0 Å². The van der Waals surface area contributed by atoms with Gasteiger partial charge < -0.3 is 44.4 Å². The Morgan fingerprint density at radius 2 is 0.964 bits per heavy atom. The standard InChI is InChI=1S/C41H80NO11P.H3N/c1-4-6-8-10-12-14-16-18-20-22-24-26-28-30-39(43)50-36-38(37-52-54(46,47)51-33-32-42-41(45)49-35-34-48-3)53-40(44)31-29-27-25-23-21-19-17-15-13-11-9-7-5-2;/h38H,4-37H2,1-3H3,(H,42,45)(H,46,47);1H3/t38-;/m1./s1. The van der Waals surface area contributed by atoms with Gasteiger partial charge in [-0.05, 0) is 12.8 Å². The van der Waals surface area contributed by atoms with Crippen LogP contribution in [0.25, 0.3) is 0 Å². The number of methoxy groups -OCH3 is 1. The molecule has 0 saturated heterocycles. The van der Waals surface area contributed by atoms with E-state index in [0.717, 1.165) is 38.5 Å². The molecule has 0 aliphatic heterocycles. The molecular weight excluding hydrogens is 727 g/mol. The largest absolute Gasteiger partial charge is 0.756 e. The summed E-state index contributed by atoms with van der Waals surface area (Å²) in [5.41, 5.74) is 0. The summed E-state index contributed by atoms with van der Waals surface area (Å²) < 4.78 is 42.6. The van der Waals surface area contributed by atoms with E-state index in [9.17, 15) is 23.8 Å². The molecule has 0 radical (unpaired) electrons. The molecule has 0 fully saturated rings. The Labute approximate surface area is 335 Å². The lowest BCUT2D eigenvalue weighted by Crippen LogP contribution is -2.31. The van der Waals surface area contributed by atoms with Crippen LogP contribution in [0.4, 0.5) is 4.79 Å². The Morgan fingerprint density at radius 3 is 1.40 bits per heavy atom. The van der Waals surface area contributed by atoms with E-state index in [4.69, 9.17) is 28.0 Å². The van der Waals surface area contributed by atoms with E-state index >= 15 is 0 Å². The van der Waals surface area contributed by atoms with Crippen molar-refractivity contribution in [1.29, 1.82) is 0 Å². The molecule has 0 rings (SSSR count). The number of hydrogen-bond acceptors (Lipinski definition) is 11. The smallest absolute Gasteiger partial charge is 0.407 e. The number of phosphoric ester groups is 1. The molecule has 0 spiro atoms. The van der Waals surface area contributed by atoms with E-state index in [1.165, 1.54) is 123 Å². The van der Waals surface area contributed by atoms with Crippen molar-refractivity contribution < 1.29 is 51.8 Å². The third kappa shape index (κ3) is 41.7. The molecule has 13 nitrogen and oxygen atoms in total. The van der Waals surface area contributed by atoms with Crippen molar-refractivity contribution in [3.05, 3.63) is 0 Å². The maximum atomic E-state index is 12.6. The van der Waals surface area contributed by atoms with Gasteiger partial charge in [-0.25, -0.2) is 4.79 Å². The van der Waals surface area contributed by atoms with Crippen molar-refractivity contribution in [3.8, 4) is 0 Å². The van der Waals surface area contributed by atoms with Crippen LogP contribution in [-0.4, -0.2) is 70.8 Å². The molecule has 55 heavy (non-hydrogen) atoms. The van der Waals surface area contributed by atoms with Crippen LogP contribution < -0.4 is 16.4 Å². The van der Waals surface area contributed by atoms with Crippen LogP contribution in [0.3, 0.4) is 0 Å². The number of amides is 1. The molecule has 2 atom stereocenters. The van der Waals surface area contributed by atoms with E-state index < -0.39 is 45.2 Å². The van der Waals surface area contributed by atoms with Crippen LogP contribution in [0, 0.1) is 0 Å². The zero-order chi connectivity index (χ0) is 39.8. The third-order valence-electron chi connectivity index (χ3n) is 9.26. The topological polar surface area (TPSA) is 195 Å². The summed E-state index contributed by atoms with van der Waals surface area (Å²) in [5, 5.41) is 2.35. The van der Waals surface area contributed by atoms with Crippen LogP contribution >= 0.6 is 7.82 Å². The highest BCUT2D eigenvalue weighted by molar-refractivity contribution is 7.45. The molecule has 0 aliphatic rings. The number of nitrogens with one attached hydrogen (secondary N) is 1. The molecule has 0 saturated carbocycles. The molecule has 0 bridgehead atoms. The highest BCUT2D eigenvalue weighted by Crippen LogP contribution is 2.38.